The minimum Gasteiger partial charge on any atom is -0.364 e. The first-order valence-corrected chi connectivity index (χ1v) is 8.78. The second-order valence-electron chi connectivity index (χ2n) is 7.03. The maximum absolute atomic E-state index is 12.9. The average Bonchev–Trinajstić information content (AvgIpc) is 3.16. The van der Waals surface area contributed by atoms with E-state index in [2.05, 4.69) is 15.4 Å². The van der Waals surface area contributed by atoms with Gasteiger partial charge in [-0.3, -0.25) is 14.3 Å². The summed E-state index contributed by atoms with van der Waals surface area (Å²) in [5.41, 5.74) is 2.69. The lowest BCUT2D eigenvalue weighted by Crippen LogP contribution is -2.51. The van der Waals surface area contributed by atoms with E-state index < -0.39 is 0 Å². The molecule has 2 aromatic heterocycles. The second-order valence-corrected chi connectivity index (χ2v) is 7.03. The zero-order valence-electron chi connectivity index (χ0n) is 14.5. The van der Waals surface area contributed by atoms with Crippen molar-refractivity contribution in [1.29, 1.82) is 0 Å². The molecule has 4 rings (SSSR count). The van der Waals surface area contributed by atoms with Crippen LogP contribution < -0.4 is 5.32 Å². The molecule has 0 bridgehead atoms. The van der Waals surface area contributed by atoms with E-state index in [0.717, 1.165) is 29.8 Å². The number of rotatable bonds is 4. The van der Waals surface area contributed by atoms with Gasteiger partial charge in [0, 0.05) is 38.6 Å². The smallest absolute Gasteiger partial charge is 0.253 e. The number of aryl methyl sites for hydroxylation is 1. The van der Waals surface area contributed by atoms with Crippen LogP contribution in [0.25, 0.3) is 0 Å². The Kier molecular flexibility index (Phi) is 3.86. The Morgan fingerprint density at radius 3 is 2.76 bits per heavy atom. The summed E-state index contributed by atoms with van der Waals surface area (Å²) in [6, 6.07) is 3.42. The fourth-order valence-electron chi connectivity index (χ4n) is 3.80. The van der Waals surface area contributed by atoms with Gasteiger partial charge in [0.2, 0.25) is 5.91 Å². The van der Waals surface area contributed by atoms with Gasteiger partial charge < -0.3 is 15.2 Å². The number of amides is 2. The van der Waals surface area contributed by atoms with Crippen molar-refractivity contribution in [3.8, 4) is 0 Å². The Balaban J connectivity index is 1.59. The third kappa shape index (κ3) is 2.83. The van der Waals surface area contributed by atoms with Crippen LogP contribution in [-0.4, -0.2) is 44.6 Å². The van der Waals surface area contributed by atoms with Crippen molar-refractivity contribution in [2.45, 2.75) is 43.7 Å². The monoisotopic (exact) mass is 341 g/mol. The molecule has 0 spiro atoms. The summed E-state index contributed by atoms with van der Waals surface area (Å²) < 4.78 is 1.77. The number of nitrogens with one attached hydrogen (secondary N) is 2. The summed E-state index contributed by atoms with van der Waals surface area (Å²) in [5, 5.41) is 7.39. The molecule has 3 heterocycles. The third-order valence-corrected chi connectivity index (χ3v) is 5.35. The minimum atomic E-state index is -0.207. The van der Waals surface area contributed by atoms with Gasteiger partial charge in [-0.2, -0.15) is 5.10 Å². The number of H-pyrrole nitrogens is 1. The van der Waals surface area contributed by atoms with Gasteiger partial charge >= 0.3 is 0 Å². The zero-order valence-corrected chi connectivity index (χ0v) is 14.5. The van der Waals surface area contributed by atoms with Crippen LogP contribution in [0.2, 0.25) is 0 Å². The van der Waals surface area contributed by atoms with Gasteiger partial charge in [-0.05, 0) is 37.3 Å². The molecule has 2 N–H and O–H groups in total. The minimum absolute atomic E-state index is 0.0666. The first-order valence-electron chi connectivity index (χ1n) is 8.78. The van der Waals surface area contributed by atoms with Crippen LogP contribution in [0, 0.1) is 0 Å². The van der Waals surface area contributed by atoms with Gasteiger partial charge in [-0.1, -0.05) is 0 Å². The summed E-state index contributed by atoms with van der Waals surface area (Å²) in [6.45, 7) is 0. The number of likely N-dealkylation sites (N-methyl/N-ethyl adjacent to an activating group) is 1. The van der Waals surface area contributed by atoms with Gasteiger partial charge in [0.05, 0.1) is 23.3 Å². The molecule has 0 radical (unpaired) electrons. The SMILES string of the molecule is CN1C(=O)CC[C@@H](NC(=O)c2cc[nH]c2C2CC2)[C@@H]1c1ccnn1C. The maximum atomic E-state index is 12.9. The quantitative estimate of drug-likeness (QED) is 0.888. The van der Waals surface area contributed by atoms with Gasteiger partial charge in [-0.25, -0.2) is 0 Å². The van der Waals surface area contributed by atoms with Crippen LogP contribution in [0.3, 0.4) is 0 Å². The van der Waals surface area contributed by atoms with E-state index in [1.54, 1.807) is 22.8 Å². The van der Waals surface area contributed by atoms with Crippen molar-refractivity contribution >= 4 is 11.8 Å². The van der Waals surface area contributed by atoms with Gasteiger partial charge in [0.15, 0.2) is 0 Å². The van der Waals surface area contributed by atoms with Crippen molar-refractivity contribution in [1.82, 2.24) is 25.0 Å². The van der Waals surface area contributed by atoms with Gasteiger partial charge in [0.1, 0.15) is 0 Å². The van der Waals surface area contributed by atoms with E-state index in [0.29, 0.717) is 18.8 Å². The number of carbonyl (C=O) groups is 2. The lowest BCUT2D eigenvalue weighted by Gasteiger charge is -2.39. The van der Waals surface area contributed by atoms with Crippen molar-refractivity contribution < 1.29 is 9.59 Å². The number of hydrogen-bond acceptors (Lipinski definition) is 3. The van der Waals surface area contributed by atoms with Gasteiger partial charge in [-0.15, -0.1) is 0 Å². The molecule has 2 fully saturated rings. The summed E-state index contributed by atoms with van der Waals surface area (Å²) in [6.07, 6.45) is 6.90. The number of likely N-dealkylation sites (tertiary alicyclic amines) is 1. The molecule has 2 aliphatic rings. The van der Waals surface area contributed by atoms with Crippen LogP contribution in [0.1, 0.15) is 59.4 Å². The van der Waals surface area contributed by atoms with Crippen LogP contribution >= 0.6 is 0 Å². The number of piperidine rings is 1. The molecule has 2 aromatic rings. The average molecular weight is 341 g/mol. The molecule has 1 aliphatic carbocycles. The lowest BCUT2D eigenvalue weighted by atomic mass is 9.93. The van der Waals surface area contributed by atoms with Gasteiger partial charge in [0.25, 0.3) is 5.91 Å². The highest BCUT2D eigenvalue weighted by molar-refractivity contribution is 5.96. The topological polar surface area (TPSA) is 83.0 Å². The molecule has 1 saturated heterocycles. The van der Waals surface area contributed by atoms with E-state index in [9.17, 15) is 9.59 Å². The second kappa shape index (κ2) is 6.06. The Morgan fingerprint density at radius 2 is 2.08 bits per heavy atom. The molecule has 7 nitrogen and oxygen atoms in total. The largest absolute Gasteiger partial charge is 0.364 e. The fraction of sp³-hybridized carbons (Fsp3) is 0.500. The number of hydrogen-bond donors (Lipinski definition) is 2. The van der Waals surface area contributed by atoms with Crippen LogP contribution in [0.4, 0.5) is 0 Å². The van der Waals surface area contributed by atoms with E-state index in [-0.39, 0.29) is 23.9 Å². The standard InChI is InChI=1S/C18H23N5O2/c1-22-15(24)6-5-13(17(22)14-8-10-20-23(14)2)21-18(25)12-7-9-19-16(12)11-3-4-11/h7-11,13,17,19H,3-6H2,1-2H3,(H,21,25)/t13-,17-/m1/s1. The summed E-state index contributed by atoms with van der Waals surface area (Å²) >= 11 is 0. The predicted molar refractivity (Wildman–Crippen MR) is 92.0 cm³/mol. The summed E-state index contributed by atoms with van der Waals surface area (Å²) in [7, 11) is 3.66. The number of carbonyl (C=O) groups excluding carboxylic acids is 2. The van der Waals surface area contributed by atoms with E-state index >= 15 is 0 Å². The number of aromatic nitrogens is 3. The van der Waals surface area contributed by atoms with Crippen LogP contribution in [-0.2, 0) is 11.8 Å². The Labute approximate surface area is 146 Å². The fourth-order valence-corrected chi connectivity index (χ4v) is 3.80. The molecule has 25 heavy (non-hydrogen) atoms. The molecule has 1 saturated carbocycles. The van der Waals surface area contributed by atoms with Crippen LogP contribution in [0.15, 0.2) is 24.5 Å². The first kappa shape index (κ1) is 15.9. The highest BCUT2D eigenvalue weighted by Gasteiger charge is 2.38. The Bertz CT molecular complexity index is 804. The lowest BCUT2D eigenvalue weighted by molar-refractivity contribution is -0.136. The maximum Gasteiger partial charge on any atom is 0.253 e. The molecule has 1 aliphatic heterocycles. The Morgan fingerprint density at radius 1 is 1.28 bits per heavy atom. The molecule has 0 unspecified atom stereocenters. The van der Waals surface area contributed by atoms with Crippen molar-refractivity contribution in [2.75, 3.05) is 7.05 Å². The molecular weight excluding hydrogens is 318 g/mol. The zero-order chi connectivity index (χ0) is 17.6. The molecule has 132 valence electrons. The highest BCUT2D eigenvalue weighted by Crippen LogP contribution is 2.41. The van der Waals surface area contributed by atoms with Crippen molar-refractivity contribution in [2.24, 2.45) is 7.05 Å². The molecule has 0 aromatic carbocycles. The van der Waals surface area contributed by atoms with E-state index in [1.165, 1.54) is 0 Å². The summed E-state index contributed by atoms with van der Waals surface area (Å²) in [5.74, 6) is 0.513. The predicted octanol–water partition coefficient (Wildman–Crippen LogP) is 1.72. The molecule has 2 atom stereocenters. The molecular formula is C18H23N5O2. The van der Waals surface area contributed by atoms with Crippen molar-refractivity contribution in [3.63, 3.8) is 0 Å². The molecule has 7 heteroatoms. The summed E-state index contributed by atoms with van der Waals surface area (Å²) in [4.78, 5) is 30.0. The third-order valence-electron chi connectivity index (χ3n) is 5.35. The normalized spacial score (nSPS) is 23.8. The molecule has 2 amide bonds. The van der Waals surface area contributed by atoms with Crippen LogP contribution in [0.5, 0.6) is 0 Å². The highest BCUT2D eigenvalue weighted by atomic mass is 16.2. The van der Waals surface area contributed by atoms with E-state index in [4.69, 9.17) is 0 Å². The first-order chi connectivity index (χ1) is 12.1. The van der Waals surface area contributed by atoms with E-state index in [1.807, 2.05) is 25.4 Å². The van der Waals surface area contributed by atoms with Crippen molar-refractivity contribution in [3.05, 3.63) is 41.5 Å². The number of nitrogens with zero attached hydrogens (tertiary/aromatic N) is 3. The Hall–Kier alpha value is -2.57. The number of aromatic amines is 1.